The van der Waals surface area contributed by atoms with Crippen molar-refractivity contribution in [3.8, 4) is 0 Å². The first-order valence-corrected chi connectivity index (χ1v) is 6.43. The predicted octanol–water partition coefficient (Wildman–Crippen LogP) is 1.97. The Hall–Kier alpha value is -1.92. The monoisotopic (exact) mass is 284 g/mol. The quantitative estimate of drug-likeness (QED) is 0.837. The highest BCUT2D eigenvalue weighted by Gasteiger charge is 2.15. The molecule has 1 N–H and O–H groups in total. The van der Waals surface area contributed by atoms with Crippen molar-refractivity contribution in [1.82, 2.24) is 15.3 Å². The van der Waals surface area contributed by atoms with E-state index in [9.17, 15) is 9.18 Å². The van der Waals surface area contributed by atoms with Crippen molar-refractivity contribution in [2.45, 2.75) is 32.8 Å². The summed E-state index contributed by atoms with van der Waals surface area (Å²) in [5, 5.41) is 2.67. The molecule has 0 saturated carbocycles. The molecule has 0 unspecified atom stereocenters. The second kappa shape index (κ2) is 7.02. The zero-order chi connectivity index (χ0) is 15.2. The molecule has 0 radical (unpaired) electrons. The normalized spacial score (nSPS) is 11.1. The molecular formula is C13H21FN4O2. The zero-order valence-electron chi connectivity index (χ0n) is 12.3. The van der Waals surface area contributed by atoms with Crippen molar-refractivity contribution < 1.29 is 13.9 Å². The van der Waals surface area contributed by atoms with E-state index in [0.29, 0.717) is 25.5 Å². The van der Waals surface area contributed by atoms with Crippen LogP contribution in [0.3, 0.4) is 0 Å². The number of aromatic nitrogens is 2. The number of amides is 1. The second-order valence-electron chi connectivity index (χ2n) is 5.41. The highest BCUT2D eigenvalue weighted by molar-refractivity contribution is 5.67. The van der Waals surface area contributed by atoms with E-state index in [1.54, 1.807) is 11.9 Å². The second-order valence-corrected chi connectivity index (χ2v) is 5.41. The lowest BCUT2D eigenvalue weighted by molar-refractivity contribution is 0.0527. The van der Waals surface area contributed by atoms with Crippen LogP contribution in [0, 0.1) is 5.82 Å². The van der Waals surface area contributed by atoms with Gasteiger partial charge in [0.05, 0.1) is 12.4 Å². The van der Waals surface area contributed by atoms with Crippen molar-refractivity contribution in [3.05, 3.63) is 18.2 Å². The molecule has 0 aliphatic heterocycles. The van der Waals surface area contributed by atoms with E-state index in [-0.39, 0.29) is 0 Å². The number of carbonyl (C=O) groups excluding carboxylic acids is 1. The number of nitrogens with zero attached hydrogens (tertiary/aromatic N) is 3. The smallest absolute Gasteiger partial charge is 0.407 e. The summed E-state index contributed by atoms with van der Waals surface area (Å²) in [6, 6.07) is 0. The van der Waals surface area contributed by atoms with Crippen LogP contribution in [0.4, 0.5) is 15.1 Å². The topological polar surface area (TPSA) is 67.4 Å². The van der Waals surface area contributed by atoms with Crippen LogP contribution in [0.25, 0.3) is 0 Å². The minimum Gasteiger partial charge on any atom is -0.444 e. The predicted molar refractivity (Wildman–Crippen MR) is 74.1 cm³/mol. The highest BCUT2D eigenvalue weighted by atomic mass is 19.1. The Morgan fingerprint density at radius 3 is 2.55 bits per heavy atom. The lowest BCUT2D eigenvalue weighted by atomic mass is 10.2. The van der Waals surface area contributed by atoms with Gasteiger partial charge >= 0.3 is 6.09 Å². The Morgan fingerprint density at radius 1 is 1.40 bits per heavy atom. The first-order valence-electron chi connectivity index (χ1n) is 6.43. The van der Waals surface area contributed by atoms with Gasteiger partial charge in [-0.3, -0.25) is 0 Å². The van der Waals surface area contributed by atoms with Crippen LogP contribution in [0.15, 0.2) is 12.4 Å². The molecule has 1 rings (SSSR count). The molecule has 20 heavy (non-hydrogen) atoms. The van der Waals surface area contributed by atoms with Gasteiger partial charge in [0.1, 0.15) is 5.60 Å². The van der Waals surface area contributed by atoms with Crippen LogP contribution in [-0.2, 0) is 4.74 Å². The molecule has 1 aromatic rings. The molecule has 1 amide bonds. The molecule has 0 saturated heterocycles. The molecule has 1 aromatic heterocycles. The average Bonchev–Trinajstić information content (AvgIpc) is 2.33. The summed E-state index contributed by atoms with van der Waals surface area (Å²) in [5.74, 6) is -0.0163. The van der Waals surface area contributed by atoms with E-state index in [2.05, 4.69) is 15.3 Å². The SMILES string of the molecule is CN(CCCNC(=O)OC(C)(C)C)c1ncc(F)cn1. The highest BCUT2D eigenvalue weighted by Crippen LogP contribution is 2.07. The van der Waals surface area contributed by atoms with E-state index >= 15 is 0 Å². The van der Waals surface area contributed by atoms with Gasteiger partial charge in [-0.1, -0.05) is 0 Å². The van der Waals surface area contributed by atoms with E-state index in [1.165, 1.54) is 0 Å². The van der Waals surface area contributed by atoms with Gasteiger partial charge in [-0.15, -0.1) is 0 Å². The van der Waals surface area contributed by atoms with Gasteiger partial charge in [0.2, 0.25) is 5.95 Å². The third-order valence-corrected chi connectivity index (χ3v) is 2.29. The fourth-order valence-corrected chi connectivity index (χ4v) is 1.42. The minimum absolute atomic E-state index is 0.432. The van der Waals surface area contributed by atoms with Gasteiger partial charge in [0.25, 0.3) is 0 Å². The summed E-state index contributed by atoms with van der Waals surface area (Å²) < 4.78 is 17.8. The molecule has 0 atom stereocenters. The molecule has 6 nitrogen and oxygen atoms in total. The number of halogens is 1. The van der Waals surface area contributed by atoms with Crippen LogP contribution >= 0.6 is 0 Å². The number of ether oxygens (including phenoxy) is 1. The summed E-state index contributed by atoms with van der Waals surface area (Å²) in [6.45, 7) is 6.56. The average molecular weight is 284 g/mol. The van der Waals surface area contributed by atoms with Gasteiger partial charge in [-0.25, -0.2) is 19.2 Å². The first kappa shape index (κ1) is 16.1. The number of alkyl carbamates (subject to hydrolysis) is 1. The Balaban J connectivity index is 2.24. The standard InChI is InChI=1S/C13H21FN4O2/c1-13(2,3)20-12(19)15-6-5-7-18(4)11-16-8-10(14)9-17-11/h8-9H,5-7H2,1-4H3,(H,15,19). The molecule has 0 spiro atoms. The van der Waals surface area contributed by atoms with Crippen molar-refractivity contribution >= 4 is 12.0 Å². The number of carbonyl (C=O) groups is 1. The molecule has 112 valence electrons. The largest absolute Gasteiger partial charge is 0.444 e. The number of hydrogen-bond donors (Lipinski definition) is 1. The number of anilines is 1. The van der Waals surface area contributed by atoms with E-state index in [4.69, 9.17) is 4.74 Å². The first-order chi connectivity index (χ1) is 9.28. The van der Waals surface area contributed by atoms with Crippen LogP contribution in [0.1, 0.15) is 27.2 Å². The van der Waals surface area contributed by atoms with Crippen molar-refractivity contribution in [1.29, 1.82) is 0 Å². The van der Waals surface area contributed by atoms with Crippen LogP contribution in [0.2, 0.25) is 0 Å². The Morgan fingerprint density at radius 2 is 2.00 bits per heavy atom. The molecular weight excluding hydrogens is 263 g/mol. The van der Waals surface area contributed by atoms with Gasteiger partial charge in [-0.05, 0) is 27.2 Å². The fraction of sp³-hybridized carbons (Fsp3) is 0.615. The van der Waals surface area contributed by atoms with Crippen LogP contribution in [-0.4, -0.2) is 41.8 Å². The Labute approximate surface area is 118 Å². The third kappa shape index (κ3) is 6.31. The lowest BCUT2D eigenvalue weighted by Gasteiger charge is -2.20. The Bertz CT molecular complexity index is 431. The molecule has 0 aromatic carbocycles. The molecule has 0 aliphatic carbocycles. The summed E-state index contributed by atoms with van der Waals surface area (Å²) in [6.07, 6.45) is 2.52. The summed E-state index contributed by atoms with van der Waals surface area (Å²) in [5.41, 5.74) is -0.497. The number of hydrogen-bond acceptors (Lipinski definition) is 5. The lowest BCUT2D eigenvalue weighted by Crippen LogP contribution is -2.34. The van der Waals surface area contributed by atoms with E-state index in [0.717, 1.165) is 12.4 Å². The van der Waals surface area contributed by atoms with Crippen LogP contribution in [0.5, 0.6) is 0 Å². The van der Waals surface area contributed by atoms with Crippen molar-refractivity contribution in [2.24, 2.45) is 0 Å². The molecule has 0 fully saturated rings. The van der Waals surface area contributed by atoms with Crippen molar-refractivity contribution in [2.75, 3.05) is 25.0 Å². The maximum Gasteiger partial charge on any atom is 0.407 e. The zero-order valence-corrected chi connectivity index (χ0v) is 12.3. The number of rotatable bonds is 5. The van der Waals surface area contributed by atoms with Crippen LogP contribution < -0.4 is 10.2 Å². The molecule has 1 heterocycles. The third-order valence-electron chi connectivity index (χ3n) is 2.29. The van der Waals surface area contributed by atoms with Gasteiger partial charge < -0.3 is 15.0 Å². The van der Waals surface area contributed by atoms with Gasteiger partial charge in [0.15, 0.2) is 5.82 Å². The summed E-state index contributed by atoms with van der Waals surface area (Å²) in [4.78, 5) is 20.9. The van der Waals surface area contributed by atoms with E-state index in [1.807, 2.05) is 20.8 Å². The maximum atomic E-state index is 12.7. The summed E-state index contributed by atoms with van der Waals surface area (Å²) in [7, 11) is 1.81. The van der Waals surface area contributed by atoms with E-state index < -0.39 is 17.5 Å². The molecule has 7 heteroatoms. The number of nitrogens with one attached hydrogen (secondary N) is 1. The molecule has 0 bridgehead atoms. The van der Waals surface area contributed by atoms with Gasteiger partial charge in [-0.2, -0.15) is 0 Å². The van der Waals surface area contributed by atoms with Crippen molar-refractivity contribution in [3.63, 3.8) is 0 Å². The van der Waals surface area contributed by atoms with Gasteiger partial charge in [0, 0.05) is 20.1 Å². The maximum absolute atomic E-state index is 12.7. The fourth-order valence-electron chi connectivity index (χ4n) is 1.42. The Kier molecular flexibility index (Phi) is 5.66. The molecule has 0 aliphatic rings. The minimum atomic E-state index is -0.497. The summed E-state index contributed by atoms with van der Waals surface area (Å²) >= 11 is 0.